The van der Waals surface area contributed by atoms with E-state index in [0.29, 0.717) is 18.7 Å². The van der Waals surface area contributed by atoms with Gasteiger partial charge in [-0.15, -0.1) is 11.3 Å². The molecule has 1 amide bonds. The lowest BCUT2D eigenvalue weighted by atomic mass is 10.1. The van der Waals surface area contributed by atoms with Crippen LogP contribution >= 0.6 is 22.9 Å². The number of nitrogens with zero attached hydrogens (tertiary/aromatic N) is 2. The first-order valence-electron chi connectivity index (χ1n) is 7.38. The lowest BCUT2D eigenvalue weighted by Gasteiger charge is -2.27. The molecule has 0 atom stereocenters. The van der Waals surface area contributed by atoms with Crippen molar-refractivity contribution in [1.82, 2.24) is 9.21 Å². The fourth-order valence-corrected chi connectivity index (χ4v) is 4.83. The molecule has 0 saturated heterocycles. The summed E-state index contributed by atoms with van der Waals surface area (Å²) in [6.07, 6.45) is 0.797. The van der Waals surface area contributed by atoms with Crippen LogP contribution in [0.5, 0.6) is 0 Å². The first-order valence-corrected chi connectivity index (χ1v) is 10.0. The zero-order chi connectivity index (χ0) is 17.5. The van der Waals surface area contributed by atoms with Crippen LogP contribution in [0.2, 0.25) is 4.34 Å². The third-order valence-corrected chi connectivity index (χ3v) is 7.20. The number of hydrogen-bond donors (Lipinski definition) is 0. The molecule has 0 spiro atoms. The second kappa shape index (κ2) is 6.48. The van der Waals surface area contributed by atoms with E-state index >= 15 is 0 Å². The number of carbonyl (C=O) groups is 1. The minimum absolute atomic E-state index is 0.100. The highest BCUT2D eigenvalue weighted by Gasteiger charge is 2.24. The van der Waals surface area contributed by atoms with Gasteiger partial charge in [0.25, 0.3) is 5.91 Å². The third-order valence-electron chi connectivity index (χ3n) is 4.00. The molecule has 0 unspecified atom stereocenters. The van der Waals surface area contributed by atoms with Crippen LogP contribution in [0.3, 0.4) is 0 Å². The van der Waals surface area contributed by atoms with Crippen LogP contribution in [0.4, 0.5) is 0 Å². The Bertz CT molecular complexity index is 873. The van der Waals surface area contributed by atoms with Crippen molar-refractivity contribution < 1.29 is 13.2 Å². The van der Waals surface area contributed by atoms with Crippen molar-refractivity contribution >= 4 is 38.9 Å². The Morgan fingerprint density at radius 2 is 1.92 bits per heavy atom. The average molecular weight is 385 g/mol. The summed E-state index contributed by atoms with van der Waals surface area (Å²) in [6, 6.07) is 7.98. The number of benzene rings is 1. The van der Waals surface area contributed by atoms with Crippen LogP contribution in [0.25, 0.3) is 0 Å². The van der Waals surface area contributed by atoms with E-state index < -0.39 is 10.0 Å². The van der Waals surface area contributed by atoms with Crippen molar-refractivity contribution in [2.24, 2.45) is 0 Å². The molecule has 0 aliphatic carbocycles. The van der Waals surface area contributed by atoms with Gasteiger partial charge in [-0.1, -0.05) is 11.6 Å². The molecule has 1 aromatic heterocycles. The van der Waals surface area contributed by atoms with Gasteiger partial charge in [0.15, 0.2) is 0 Å². The quantitative estimate of drug-likeness (QED) is 0.817. The molecular weight excluding hydrogens is 368 g/mol. The van der Waals surface area contributed by atoms with Gasteiger partial charge in [-0.3, -0.25) is 4.79 Å². The Balaban J connectivity index is 1.79. The minimum Gasteiger partial charge on any atom is -0.334 e. The summed E-state index contributed by atoms with van der Waals surface area (Å²) in [4.78, 5) is 15.8. The van der Waals surface area contributed by atoms with Crippen molar-refractivity contribution in [2.75, 3.05) is 20.6 Å². The first kappa shape index (κ1) is 17.4. The summed E-state index contributed by atoms with van der Waals surface area (Å²) < 4.78 is 26.0. The van der Waals surface area contributed by atoms with Gasteiger partial charge in [-0.05, 0) is 42.3 Å². The maximum Gasteiger partial charge on any atom is 0.254 e. The predicted molar refractivity (Wildman–Crippen MR) is 95.1 cm³/mol. The Labute approximate surface area is 150 Å². The number of rotatable bonds is 3. The summed E-state index contributed by atoms with van der Waals surface area (Å²) in [5.41, 5.74) is 1.58. The number of amides is 1. The molecule has 8 heteroatoms. The highest BCUT2D eigenvalue weighted by Crippen LogP contribution is 2.31. The van der Waals surface area contributed by atoms with Crippen LogP contribution in [0.15, 0.2) is 35.2 Å². The fraction of sp³-hybridized carbons (Fsp3) is 0.312. The van der Waals surface area contributed by atoms with E-state index in [1.165, 1.54) is 31.1 Å². The van der Waals surface area contributed by atoms with Gasteiger partial charge in [-0.25, -0.2) is 12.7 Å². The van der Waals surface area contributed by atoms with Gasteiger partial charge >= 0.3 is 0 Å². The molecule has 1 aliphatic heterocycles. The zero-order valence-electron chi connectivity index (χ0n) is 13.3. The first-order chi connectivity index (χ1) is 11.3. The molecule has 0 radical (unpaired) electrons. The van der Waals surface area contributed by atoms with Gasteiger partial charge in [0, 0.05) is 37.6 Å². The van der Waals surface area contributed by atoms with Gasteiger partial charge in [0.2, 0.25) is 10.0 Å². The summed E-state index contributed by atoms with van der Waals surface area (Å²) >= 11 is 7.60. The molecule has 2 aromatic rings. The van der Waals surface area contributed by atoms with Crippen molar-refractivity contribution in [3.63, 3.8) is 0 Å². The molecule has 1 aliphatic rings. The zero-order valence-corrected chi connectivity index (χ0v) is 15.7. The number of hydrogen-bond acceptors (Lipinski definition) is 4. The molecule has 2 heterocycles. The average Bonchev–Trinajstić information content (AvgIpc) is 2.93. The molecule has 24 heavy (non-hydrogen) atoms. The van der Waals surface area contributed by atoms with Crippen molar-refractivity contribution in [2.45, 2.75) is 17.9 Å². The van der Waals surface area contributed by atoms with Gasteiger partial charge in [0.1, 0.15) is 0 Å². The topological polar surface area (TPSA) is 57.7 Å². The Morgan fingerprint density at radius 3 is 2.54 bits per heavy atom. The maximum absolute atomic E-state index is 12.6. The highest BCUT2D eigenvalue weighted by molar-refractivity contribution is 7.89. The Hall–Kier alpha value is -1.41. The molecule has 0 saturated carbocycles. The van der Waals surface area contributed by atoms with Gasteiger partial charge in [-0.2, -0.15) is 0 Å². The van der Waals surface area contributed by atoms with E-state index in [0.717, 1.165) is 20.6 Å². The lowest BCUT2D eigenvalue weighted by Crippen LogP contribution is -2.35. The van der Waals surface area contributed by atoms with Crippen molar-refractivity contribution in [3.05, 3.63) is 50.7 Å². The normalized spacial score (nSPS) is 14.8. The highest BCUT2D eigenvalue weighted by atomic mass is 35.5. The lowest BCUT2D eigenvalue weighted by molar-refractivity contribution is 0.0736. The van der Waals surface area contributed by atoms with E-state index in [1.54, 1.807) is 28.4 Å². The second-order valence-electron chi connectivity index (χ2n) is 5.79. The van der Waals surface area contributed by atoms with E-state index in [1.807, 2.05) is 6.07 Å². The summed E-state index contributed by atoms with van der Waals surface area (Å²) in [5, 5.41) is 0. The summed E-state index contributed by atoms with van der Waals surface area (Å²) in [7, 11) is -0.531. The number of sulfonamides is 1. The van der Waals surface area contributed by atoms with E-state index in [-0.39, 0.29) is 10.8 Å². The molecule has 0 bridgehead atoms. The van der Waals surface area contributed by atoms with Gasteiger partial charge < -0.3 is 4.90 Å². The van der Waals surface area contributed by atoms with Crippen LogP contribution in [0.1, 0.15) is 20.8 Å². The van der Waals surface area contributed by atoms with Crippen LogP contribution in [0, 0.1) is 0 Å². The van der Waals surface area contributed by atoms with E-state index in [2.05, 4.69) is 0 Å². The molecule has 5 nitrogen and oxygen atoms in total. The minimum atomic E-state index is -3.49. The monoisotopic (exact) mass is 384 g/mol. The van der Waals surface area contributed by atoms with Crippen LogP contribution in [-0.4, -0.2) is 44.2 Å². The molecule has 3 rings (SSSR count). The van der Waals surface area contributed by atoms with Crippen molar-refractivity contribution in [1.29, 1.82) is 0 Å². The smallest absolute Gasteiger partial charge is 0.254 e. The number of fused-ring (bicyclic) bond motifs is 1. The Kier molecular flexibility index (Phi) is 4.70. The third kappa shape index (κ3) is 3.21. The molecule has 0 N–H and O–H groups in total. The number of carbonyl (C=O) groups excluding carboxylic acids is 1. The SMILES string of the molecule is CN(C)S(=O)(=O)c1ccc(C(=O)N2CCc3sc(Cl)cc3C2)cc1. The second-order valence-corrected chi connectivity index (χ2v) is 9.71. The standard InChI is InChI=1S/C16H17ClN2O3S2/c1-18(2)24(21,22)13-5-3-11(4-6-13)16(20)19-8-7-14-12(10-19)9-15(17)23-14/h3-6,9H,7-8,10H2,1-2H3. The molecule has 1 aromatic carbocycles. The van der Waals surface area contributed by atoms with Crippen LogP contribution in [-0.2, 0) is 23.0 Å². The summed E-state index contributed by atoms with van der Waals surface area (Å²) in [5.74, 6) is -0.100. The largest absolute Gasteiger partial charge is 0.334 e. The van der Waals surface area contributed by atoms with Crippen molar-refractivity contribution in [3.8, 4) is 0 Å². The van der Waals surface area contributed by atoms with Gasteiger partial charge in [0.05, 0.1) is 9.23 Å². The maximum atomic E-state index is 12.6. The predicted octanol–water partition coefficient (Wildman–Crippen LogP) is 2.85. The van der Waals surface area contributed by atoms with E-state index in [4.69, 9.17) is 11.6 Å². The van der Waals surface area contributed by atoms with Crippen LogP contribution < -0.4 is 0 Å². The Morgan fingerprint density at radius 1 is 1.25 bits per heavy atom. The fourth-order valence-electron chi connectivity index (χ4n) is 2.63. The number of thiophene rings is 1. The molecule has 0 fully saturated rings. The van der Waals surface area contributed by atoms with E-state index in [9.17, 15) is 13.2 Å². The number of halogens is 1. The molecular formula is C16H17ClN2O3S2. The molecule has 128 valence electrons. The summed E-state index contributed by atoms with van der Waals surface area (Å²) in [6.45, 7) is 1.18.